The minimum absolute atomic E-state index is 0.215. The average molecular weight is 103 g/mol. The van der Waals surface area contributed by atoms with Gasteiger partial charge in [-0.2, -0.15) is 0 Å². The molecule has 0 aliphatic rings. The maximum absolute atomic E-state index is 9.38. The zero-order chi connectivity index (χ0) is 5.21. The molecule has 0 aliphatic heterocycles. The van der Waals surface area contributed by atoms with Gasteiger partial charge in [-0.05, 0) is 0 Å². The molecule has 0 amide bonds. The molecule has 0 heterocycles. The van der Waals surface area contributed by atoms with E-state index in [-0.39, 0.29) is 6.45 Å². The molecule has 0 spiro atoms. The molecule has 0 saturated heterocycles. The molecule has 0 rings (SSSR count). The van der Waals surface area contributed by atoms with Crippen LogP contribution in [-0.2, 0) is 9.97 Å². The first-order valence-electron chi connectivity index (χ1n) is 1.08. The van der Waals surface area contributed by atoms with E-state index in [1.165, 1.54) is 0 Å². The molecule has 0 fully saturated rings. The van der Waals surface area contributed by atoms with Crippen molar-refractivity contribution in [3.63, 3.8) is 0 Å². The summed E-state index contributed by atoms with van der Waals surface area (Å²) in [7, 11) is 0.333. The van der Waals surface area contributed by atoms with Gasteiger partial charge in [-0.1, -0.05) is 0 Å². The van der Waals surface area contributed by atoms with E-state index in [4.69, 9.17) is 4.55 Å². The van der Waals surface area contributed by atoms with Gasteiger partial charge < -0.3 is 0 Å². The molecule has 0 aromatic carbocycles. The highest BCUT2D eigenvalue weighted by molar-refractivity contribution is 8.15. The Morgan fingerprint density at radius 3 is 1.83 bits per heavy atom. The summed E-state index contributed by atoms with van der Waals surface area (Å²) >= 11 is 0. The lowest BCUT2D eigenvalue weighted by molar-refractivity contribution is 0.501. The Morgan fingerprint density at radius 1 is 1.67 bits per heavy atom. The number of rotatable bonds is 1. The third-order valence-corrected chi connectivity index (χ3v) is 0.516. The van der Waals surface area contributed by atoms with Gasteiger partial charge in [-0.3, -0.25) is 4.55 Å². The first-order valence-corrected chi connectivity index (χ1v) is 2.59. The van der Waals surface area contributed by atoms with E-state index in [1.54, 1.807) is 0 Å². The van der Waals surface area contributed by atoms with Gasteiger partial charge in [0, 0.05) is 7.74 Å². The van der Waals surface area contributed by atoms with Crippen LogP contribution in [0.15, 0.2) is 0 Å². The minimum atomic E-state index is -4.01. The van der Waals surface area contributed by atoms with Gasteiger partial charge in [0.2, 0.25) is 0 Å². The van der Waals surface area contributed by atoms with Gasteiger partial charge in [0.05, 0.1) is 0 Å². The fourth-order valence-electron chi connectivity index (χ4n) is 0. The Balaban J connectivity index is 3.85. The molecule has 0 unspecified atom stereocenters. The van der Waals surface area contributed by atoms with Crippen molar-refractivity contribution in [1.29, 1.82) is 0 Å². The lowest BCUT2D eigenvalue weighted by Gasteiger charge is -1.78. The van der Waals surface area contributed by atoms with Crippen molar-refractivity contribution in [1.82, 2.24) is 0 Å². The second-order valence-electron chi connectivity index (χ2n) is 0.651. The summed E-state index contributed by atoms with van der Waals surface area (Å²) in [5.74, 6) is 0. The van der Waals surface area contributed by atoms with Crippen LogP contribution in [0.25, 0.3) is 0 Å². The third kappa shape index (κ3) is 4.04. The largest absolute Gasteiger partial charge is 0.296 e. The minimum Gasteiger partial charge on any atom is -0.296 e. The third-order valence-electron chi connectivity index (χ3n) is 0.172. The zero-order valence-electron chi connectivity index (χ0n) is 2.83. The molecule has 0 bridgehead atoms. The SMILES string of the molecule is [B][B]S(=O)(=O)O. The van der Waals surface area contributed by atoms with Crippen LogP contribution in [0.2, 0.25) is 0 Å². The standard InChI is InChI=1S/B2HO3S/c1-2-6(3,4)5/h(H,3,4,5). The predicted molar refractivity (Wildman–Crippen MR) is 23.1 cm³/mol. The maximum Gasteiger partial charge on any atom is 0.257 e. The van der Waals surface area contributed by atoms with E-state index >= 15 is 0 Å². The van der Waals surface area contributed by atoms with Crippen molar-refractivity contribution in [2.45, 2.75) is 0 Å². The second-order valence-corrected chi connectivity index (χ2v) is 1.95. The van der Waals surface area contributed by atoms with Crippen molar-refractivity contribution >= 4 is 24.2 Å². The molecule has 0 aromatic rings. The molecule has 6 heteroatoms. The van der Waals surface area contributed by atoms with Crippen LogP contribution in [0, 0.1) is 0 Å². The van der Waals surface area contributed by atoms with E-state index in [0.717, 1.165) is 0 Å². The lowest BCUT2D eigenvalue weighted by Crippen LogP contribution is -2.06. The molecular formula is HB2O3S. The molecule has 0 saturated carbocycles. The fraction of sp³-hybridized carbons (Fsp3) is 0. The number of hydrogen-bond acceptors (Lipinski definition) is 2. The first kappa shape index (κ1) is 6.04. The van der Waals surface area contributed by atoms with E-state index in [2.05, 4.69) is 7.74 Å². The molecule has 3 nitrogen and oxygen atoms in total. The highest BCUT2D eigenvalue weighted by Crippen LogP contribution is 1.66. The van der Waals surface area contributed by atoms with Gasteiger partial charge in [-0.25, -0.2) is 8.42 Å². The summed E-state index contributed by atoms with van der Waals surface area (Å²) in [5.41, 5.74) is 0. The van der Waals surface area contributed by atoms with Crippen LogP contribution in [0.1, 0.15) is 0 Å². The second kappa shape index (κ2) is 1.66. The van der Waals surface area contributed by atoms with E-state index in [1.807, 2.05) is 0 Å². The Kier molecular flexibility index (Phi) is 1.67. The zero-order valence-corrected chi connectivity index (χ0v) is 3.64. The molecule has 31 valence electrons. The van der Waals surface area contributed by atoms with Crippen LogP contribution in [0.4, 0.5) is 0 Å². The van der Waals surface area contributed by atoms with Crippen molar-refractivity contribution in [3.8, 4) is 0 Å². The van der Waals surface area contributed by atoms with Crippen LogP contribution in [0.3, 0.4) is 0 Å². The van der Waals surface area contributed by atoms with Crippen molar-refractivity contribution in [2.24, 2.45) is 0 Å². The van der Waals surface area contributed by atoms with Crippen LogP contribution in [-0.4, -0.2) is 27.2 Å². The van der Waals surface area contributed by atoms with Crippen molar-refractivity contribution in [2.75, 3.05) is 0 Å². The summed E-state index contributed by atoms with van der Waals surface area (Å²) in [6.07, 6.45) is 0.215. The van der Waals surface area contributed by atoms with Gasteiger partial charge in [0.15, 0.2) is 9.97 Å². The Hall–Kier alpha value is 0.0399. The van der Waals surface area contributed by atoms with E-state index < -0.39 is 9.97 Å². The van der Waals surface area contributed by atoms with Crippen molar-refractivity contribution in [3.05, 3.63) is 0 Å². The average Bonchev–Trinajstić information content (AvgIpc) is 1.35. The molecule has 3 radical (unpaired) electrons. The normalized spacial score (nSPS) is 10.8. The Labute approximate surface area is 38.0 Å². The first-order chi connectivity index (χ1) is 2.56. The summed E-state index contributed by atoms with van der Waals surface area (Å²) in [5, 5.41) is 0. The van der Waals surface area contributed by atoms with Gasteiger partial charge >= 0.3 is 0 Å². The van der Waals surface area contributed by atoms with Crippen LogP contribution < -0.4 is 0 Å². The van der Waals surface area contributed by atoms with E-state index in [0.29, 0.717) is 0 Å². The lowest BCUT2D eigenvalue weighted by atomic mass is 9.79. The number of hydrogen-bond donors (Lipinski definition) is 1. The van der Waals surface area contributed by atoms with Crippen LogP contribution >= 0.6 is 0 Å². The van der Waals surface area contributed by atoms with Gasteiger partial charge in [0.1, 0.15) is 0 Å². The molecule has 6 heavy (non-hydrogen) atoms. The van der Waals surface area contributed by atoms with Gasteiger partial charge in [0.25, 0.3) is 6.45 Å². The summed E-state index contributed by atoms with van der Waals surface area (Å²) < 4.78 is 26.4. The highest BCUT2D eigenvalue weighted by Gasteiger charge is 1.96. The summed E-state index contributed by atoms with van der Waals surface area (Å²) in [6, 6.07) is 0. The summed E-state index contributed by atoms with van der Waals surface area (Å²) in [4.78, 5) is 0. The molecule has 0 atom stereocenters. The van der Waals surface area contributed by atoms with E-state index in [9.17, 15) is 8.42 Å². The highest BCUT2D eigenvalue weighted by atomic mass is 32.2. The molecule has 0 aliphatic carbocycles. The maximum atomic E-state index is 9.38. The van der Waals surface area contributed by atoms with Gasteiger partial charge in [-0.15, -0.1) is 0 Å². The monoisotopic (exact) mass is 103 g/mol. The molecule has 0 aromatic heterocycles. The topological polar surface area (TPSA) is 54.4 Å². The molecule has 1 N–H and O–H groups in total. The Morgan fingerprint density at radius 2 is 1.83 bits per heavy atom. The Bertz CT molecular complexity index is 111. The van der Waals surface area contributed by atoms with Crippen LogP contribution in [0.5, 0.6) is 0 Å². The smallest absolute Gasteiger partial charge is 0.257 e. The predicted octanol–water partition coefficient (Wildman–Crippen LogP) is -1.42. The van der Waals surface area contributed by atoms with Crippen molar-refractivity contribution < 1.29 is 13.0 Å². The molecular weight excluding hydrogens is 102 g/mol. The summed E-state index contributed by atoms with van der Waals surface area (Å²) in [6.45, 7) is 0. The quantitative estimate of drug-likeness (QED) is 0.327. The fourth-order valence-corrected chi connectivity index (χ4v) is 0.